The predicted octanol–water partition coefficient (Wildman–Crippen LogP) is 8.07. The second-order valence-electron chi connectivity index (χ2n) is 12.2. The third-order valence-electron chi connectivity index (χ3n) is 8.37. The van der Waals surface area contributed by atoms with Gasteiger partial charge in [-0.15, -0.1) is 0 Å². The van der Waals surface area contributed by atoms with Crippen molar-refractivity contribution in [2.24, 2.45) is 0 Å². The first-order chi connectivity index (χ1) is 24.1. The zero-order valence-electron chi connectivity index (χ0n) is 28.0. The van der Waals surface area contributed by atoms with Gasteiger partial charge in [0.05, 0.1) is 11.3 Å². The van der Waals surface area contributed by atoms with E-state index >= 15 is 0 Å². The molecule has 0 N–H and O–H groups in total. The summed E-state index contributed by atoms with van der Waals surface area (Å²) in [6.45, 7) is 1.97. The van der Waals surface area contributed by atoms with E-state index in [-0.39, 0.29) is 18.9 Å². The van der Waals surface area contributed by atoms with Crippen LogP contribution in [0.15, 0.2) is 126 Å². The van der Waals surface area contributed by atoms with Crippen molar-refractivity contribution in [3.05, 3.63) is 154 Å². The molecule has 1 unspecified atom stereocenters. The molecule has 2 amide bonds. The van der Waals surface area contributed by atoms with E-state index in [4.69, 9.17) is 0 Å². The van der Waals surface area contributed by atoms with Gasteiger partial charge < -0.3 is 14.7 Å². The summed E-state index contributed by atoms with van der Waals surface area (Å²) < 4.78 is 39.4. The summed E-state index contributed by atoms with van der Waals surface area (Å²) in [5.41, 5.74) is 4.30. The van der Waals surface area contributed by atoms with Crippen molar-refractivity contribution in [3.63, 3.8) is 0 Å². The SMILES string of the molecule is CN(CCN(C)C(=O)C(Cc1ccccc1)N(Cc1ccc(-c2ccccn2)cc1)C(=O)C=Cc1ccc(C(F)(F)F)cc1)Cc1ccsc1. The Morgan fingerprint density at radius 2 is 1.52 bits per heavy atom. The summed E-state index contributed by atoms with van der Waals surface area (Å²) in [6.07, 6.45) is 0.345. The lowest BCUT2D eigenvalue weighted by Crippen LogP contribution is -2.51. The number of pyridine rings is 1. The number of amides is 2. The smallest absolute Gasteiger partial charge is 0.343 e. The molecule has 50 heavy (non-hydrogen) atoms. The summed E-state index contributed by atoms with van der Waals surface area (Å²) in [7, 11) is 3.76. The van der Waals surface area contributed by atoms with E-state index < -0.39 is 23.7 Å². The van der Waals surface area contributed by atoms with Crippen LogP contribution >= 0.6 is 11.3 Å². The lowest BCUT2D eigenvalue weighted by atomic mass is 10.0. The van der Waals surface area contributed by atoms with Crippen LogP contribution in [0.1, 0.15) is 27.8 Å². The molecule has 2 heterocycles. The minimum atomic E-state index is -4.46. The molecule has 5 aromatic rings. The zero-order valence-corrected chi connectivity index (χ0v) is 28.8. The maximum absolute atomic E-state index is 14.3. The Labute approximate surface area is 295 Å². The van der Waals surface area contributed by atoms with Gasteiger partial charge in [-0.1, -0.05) is 72.8 Å². The van der Waals surface area contributed by atoms with Gasteiger partial charge in [0.1, 0.15) is 6.04 Å². The maximum atomic E-state index is 14.3. The van der Waals surface area contributed by atoms with Gasteiger partial charge in [0.15, 0.2) is 0 Å². The number of nitrogens with zero attached hydrogens (tertiary/aromatic N) is 4. The second-order valence-corrected chi connectivity index (χ2v) is 12.9. The van der Waals surface area contributed by atoms with Crippen LogP contribution in [0.3, 0.4) is 0 Å². The van der Waals surface area contributed by atoms with Gasteiger partial charge in [-0.25, -0.2) is 0 Å². The molecule has 0 fully saturated rings. The first kappa shape index (κ1) is 36.2. The van der Waals surface area contributed by atoms with E-state index in [1.54, 1.807) is 34.4 Å². The Balaban J connectivity index is 1.43. The predicted molar refractivity (Wildman–Crippen MR) is 193 cm³/mol. The fraction of sp³-hybridized carbons (Fsp3) is 0.225. The Morgan fingerprint density at radius 3 is 2.16 bits per heavy atom. The highest BCUT2D eigenvalue weighted by molar-refractivity contribution is 7.07. The number of hydrogen-bond acceptors (Lipinski definition) is 5. The topological polar surface area (TPSA) is 56.8 Å². The van der Waals surface area contributed by atoms with Crippen LogP contribution in [0.25, 0.3) is 17.3 Å². The average molecular weight is 697 g/mol. The van der Waals surface area contributed by atoms with Crippen LogP contribution in [-0.2, 0) is 35.3 Å². The number of carbonyl (C=O) groups excluding carboxylic acids is 2. The molecule has 0 bridgehead atoms. The van der Waals surface area contributed by atoms with E-state index in [2.05, 4.69) is 21.3 Å². The Bertz CT molecular complexity index is 1830. The molecular formula is C40H39F3N4O2S. The van der Waals surface area contributed by atoms with Crippen LogP contribution in [0, 0.1) is 0 Å². The third kappa shape index (κ3) is 10.2. The van der Waals surface area contributed by atoms with E-state index in [1.165, 1.54) is 29.8 Å². The molecule has 2 aromatic heterocycles. The van der Waals surface area contributed by atoms with Crippen molar-refractivity contribution in [3.8, 4) is 11.3 Å². The second kappa shape index (κ2) is 17.0. The quantitative estimate of drug-likeness (QED) is 0.110. The number of rotatable bonds is 14. The van der Waals surface area contributed by atoms with Gasteiger partial charge >= 0.3 is 6.18 Å². The number of halogens is 3. The lowest BCUT2D eigenvalue weighted by Gasteiger charge is -2.34. The van der Waals surface area contributed by atoms with E-state index in [0.29, 0.717) is 18.7 Å². The minimum Gasteiger partial charge on any atom is -0.343 e. The van der Waals surface area contributed by atoms with E-state index in [1.807, 2.05) is 85.2 Å². The summed E-state index contributed by atoms with van der Waals surface area (Å²) in [6, 6.07) is 28.7. The van der Waals surface area contributed by atoms with E-state index in [0.717, 1.165) is 41.1 Å². The fourth-order valence-corrected chi connectivity index (χ4v) is 6.19. The number of hydrogen-bond donors (Lipinski definition) is 0. The summed E-state index contributed by atoms with van der Waals surface area (Å²) in [5, 5.41) is 4.14. The number of thiophene rings is 1. The summed E-state index contributed by atoms with van der Waals surface area (Å²) in [4.78, 5) is 38.2. The number of carbonyl (C=O) groups is 2. The standard InChI is InChI=1S/C40H39F3N4O2S/c1-45(27-33-21-25-50-29-33)23-24-46(2)39(49)37(26-31-8-4-3-5-9-31)47(28-32-11-16-34(17-12-32)36-10-6-7-22-44-36)38(48)20-15-30-13-18-35(19-14-30)40(41,42)43/h3-22,25,29,37H,23-24,26-28H2,1-2H3. The Kier molecular flexibility index (Phi) is 12.4. The third-order valence-corrected chi connectivity index (χ3v) is 9.10. The van der Waals surface area contributed by atoms with Crippen LogP contribution in [0.5, 0.6) is 0 Å². The van der Waals surface area contributed by atoms with Crippen LogP contribution in [0.4, 0.5) is 13.2 Å². The molecule has 5 rings (SSSR count). The highest BCUT2D eigenvalue weighted by Crippen LogP contribution is 2.29. The zero-order chi connectivity index (χ0) is 35.5. The molecule has 0 radical (unpaired) electrons. The number of alkyl halides is 3. The van der Waals surface area contributed by atoms with Crippen molar-refractivity contribution in [2.75, 3.05) is 27.2 Å². The summed E-state index contributed by atoms with van der Waals surface area (Å²) >= 11 is 1.64. The van der Waals surface area contributed by atoms with Crippen LogP contribution in [-0.4, -0.2) is 64.7 Å². The van der Waals surface area contributed by atoms with Gasteiger partial charge in [0, 0.05) is 57.5 Å². The molecule has 0 saturated heterocycles. The van der Waals surface area contributed by atoms with Crippen molar-refractivity contribution in [2.45, 2.75) is 31.7 Å². The van der Waals surface area contributed by atoms with Crippen molar-refractivity contribution < 1.29 is 22.8 Å². The van der Waals surface area contributed by atoms with E-state index in [9.17, 15) is 22.8 Å². The fourth-order valence-electron chi connectivity index (χ4n) is 5.53. The highest BCUT2D eigenvalue weighted by atomic mass is 32.1. The Hall–Kier alpha value is -5.06. The molecule has 10 heteroatoms. The number of aromatic nitrogens is 1. The Morgan fingerprint density at radius 1 is 0.800 bits per heavy atom. The average Bonchev–Trinajstić information content (AvgIpc) is 3.64. The molecule has 0 aliphatic rings. The molecule has 1 atom stereocenters. The van der Waals surface area contributed by atoms with Gasteiger partial charge in [-0.05, 0) is 76.5 Å². The molecule has 0 aliphatic heterocycles. The van der Waals surface area contributed by atoms with Gasteiger partial charge in [0.2, 0.25) is 11.8 Å². The van der Waals surface area contributed by atoms with Crippen molar-refractivity contribution in [1.29, 1.82) is 0 Å². The molecule has 0 spiro atoms. The summed E-state index contributed by atoms with van der Waals surface area (Å²) in [5.74, 6) is -0.643. The molecule has 3 aromatic carbocycles. The molecule has 0 saturated carbocycles. The molecular weight excluding hydrogens is 658 g/mol. The lowest BCUT2D eigenvalue weighted by molar-refractivity contribution is -0.143. The number of benzene rings is 3. The maximum Gasteiger partial charge on any atom is 0.416 e. The van der Waals surface area contributed by atoms with Gasteiger partial charge in [-0.3, -0.25) is 14.6 Å². The largest absolute Gasteiger partial charge is 0.416 e. The monoisotopic (exact) mass is 696 g/mol. The van der Waals surface area contributed by atoms with Crippen LogP contribution in [0.2, 0.25) is 0 Å². The van der Waals surface area contributed by atoms with Crippen molar-refractivity contribution in [1.82, 2.24) is 19.7 Å². The number of likely N-dealkylation sites (N-methyl/N-ethyl adjacent to an activating group) is 2. The first-order valence-corrected chi connectivity index (χ1v) is 17.2. The molecule has 6 nitrogen and oxygen atoms in total. The molecule has 0 aliphatic carbocycles. The highest BCUT2D eigenvalue weighted by Gasteiger charge is 2.32. The van der Waals surface area contributed by atoms with Gasteiger partial charge in [-0.2, -0.15) is 24.5 Å². The van der Waals surface area contributed by atoms with Crippen LogP contribution < -0.4 is 0 Å². The minimum absolute atomic E-state index is 0.133. The first-order valence-electron chi connectivity index (χ1n) is 16.2. The molecule has 258 valence electrons. The normalized spacial score (nSPS) is 12.3. The van der Waals surface area contributed by atoms with Gasteiger partial charge in [0.25, 0.3) is 0 Å². The van der Waals surface area contributed by atoms with Crippen molar-refractivity contribution >= 4 is 29.2 Å².